The number of likely N-dealkylation sites (tertiary alicyclic amines) is 1. The van der Waals surface area contributed by atoms with Crippen molar-refractivity contribution in [3.63, 3.8) is 0 Å². The van der Waals surface area contributed by atoms with Crippen LogP contribution in [0.1, 0.15) is 44.4 Å². The molecule has 2 aromatic carbocycles. The minimum absolute atomic E-state index is 0.0726. The summed E-state index contributed by atoms with van der Waals surface area (Å²) < 4.78 is 5.24. The first-order valence-electron chi connectivity index (χ1n) is 10.8. The number of halogens is 1. The van der Waals surface area contributed by atoms with Crippen LogP contribution in [0.25, 0.3) is 5.76 Å². The highest BCUT2D eigenvalue weighted by Crippen LogP contribution is 2.40. The van der Waals surface area contributed by atoms with E-state index >= 15 is 0 Å². The molecule has 1 heterocycles. The summed E-state index contributed by atoms with van der Waals surface area (Å²) in [6.45, 7) is 8.30. The zero-order chi connectivity index (χ0) is 23.4. The summed E-state index contributed by atoms with van der Waals surface area (Å²) in [5.41, 5.74) is 2.28. The largest absolute Gasteiger partial charge is 0.507 e. The first-order valence-corrected chi connectivity index (χ1v) is 11.2. The molecule has 0 spiro atoms. The van der Waals surface area contributed by atoms with Gasteiger partial charge in [-0.25, -0.2) is 0 Å². The second-order valence-corrected chi connectivity index (χ2v) is 8.01. The number of carbonyl (C=O) groups is 2. The molecule has 1 N–H and O–H groups in total. The molecule has 32 heavy (non-hydrogen) atoms. The highest BCUT2D eigenvalue weighted by Gasteiger charge is 2.45. The SMILES string of the molecule is CCCN1C(=O)C(=O)/C(=C(\O)c2ccc(Cl)c(OC)c2)C1c1ccc(N(CC)CC)cc1. The van der Waals surface area contributed by atoms with Gasteiger partial charge in [-0.3, -0.25) is 9.59 Å². The number of carbonyl (C=O) groups excluding carboxylic acids is 2. The number of hydrogen-bond acceptors (Lipinski definition) is 5. The maximum Gasteiger partial charge on any atom is 0.295 e. The van der Waals surface area contributed by atoms with E-state index in [-0.39, 0.29) is 11.3 Å². The Morgan fingerprint density at radius 1 is 1.09 bits per heavy atom. The molecule has 1 aliphatic rings. The van der Waals surface area contributed by atoms with E-state index in [0.29, 0.717) is 29.3 Å². The highest BCUT2D eigenvalue weighted by atomic mass is 35.5. The second kappa shape index (κ2) is 10.1. The Bertz CT molecular complexity index is 1030. The number of aliphatic hydroxyl groups excluding tert-OH is 1. The lowest BCUT2D eigenvalue weighted by Crippen LogP contribution is -2.30. The molecule has 1 aliphatic heterocycles. The summed E-state index contributed by atoms with van der Waals surface area (Å²) >= 11 is 6.11. The molecule has 3 rings (SSSR count). The smallest absolute Gasteiger partial charge is 0.295 e. The zero-order valence-corrected chi connectivity index (χ0v) is 19.6. The van der Waals surface area contributed by atoms with Crippen LogP contribution < -0.4 is 9.64 Å². The van der Waals surface area contributed by atoms with Gasteiger partial charge in [-0.05, 0) is 56.2 Å². The van der Waals surface area contributed by atoms with Crippen LogP contribution in [-0.4, -0.2) is 48.4 Å². The number of aliphatic hydroxyl groups is 1. The van der Waals surface area contributed by atoms with Crippen molar-refractivity contribution in [3.05, 3.63) is 64.2 Å². The first kappa shape index (κ1) is 23.7. The third kappa shape index (κ3) is 4.32. The lowest BCUT2D eigenvalue weighted by atomic mass is 9.95. The van der Waals surface area contributed by atoms with Gasteiger partial charge in [-0.2, -0.15) is 0 Å². The van der Waals surface area contributed by atoms with E-state index in [1.807, 2.05) is 31.2 Å². The van der Waals surface area contributed by atoms with Crippen molar-refractivity contribution in [1.29, 1.82) is 0 Å². The van der Waals surface area contributed by atoms with Crippen LogP contribution in [-0.2, 0) is 9.59 Å². The molecule has 0 aromatic heterocycles. The van der Waals surface area contributed by atoms with Crippen LogP contribution in [0.5, 0.6) is 5.75 Å². The maximum absolute atomic E-state index is 13.0. The van der Waals surface area contributed by atoms with Crippen molar-refractivity contribution in [2.45, 2.75) is 33.2 Å². The van der Waals surface area contributed by atoms with Gasteiger partial charge in [0, 0.05) is 30.9 Å². The van der Waals surface area contributed by atoms with Crippen LogP contribution in [0.2, 0.25) is 5.02 Å². The topological polar surface area (TPSA) is 70.1 Å². The molecule has 1 unspecified atom stereocenters. The molecule has 0 saturated carbocycles. The molecule has 0 radical (unpaired) electrons. The molecular formula is C25H29ClN2O4. The lowest BCUT2D eigenvalue weighted by molar-refractivity contribution is -0.139. The Hall–Kier alpha value is -2.99. The van der Waals surface area contributed by atoms with Gasteiger partial charge in [-0.15, -0.1) is 0 Å². The molecule has 0 bridgehead atoms. The monoisotopic (exact) mass is 456 g/mol. The quantitative estimate of drug-likeness (QED) is 0.343. The fraction of sp³-hybridized carbons (Fsp3) is 0.360. The normalized spacial score (nSPS) is 17.7. The van der Waals surface area contributed by atoms with Crippen LogP contribution in [0.4, 0.5) is 5.69 Å². The van der Waals surface area contributed by atoms with Crippen LogP contribution in [0.15, 0.2) is 48.0 Å². The molecule has 1 fully saturated rings. The zero-order valence-electron chi connectivity index (χ0n) is 18.9. The van der Waals surface area contributed by atoms with Crippen molar-refractivity contribution < 1.29 is 19.4 Å². The van der Waals surface area contributed by atoms with Crippen LogP contribution in [0, 0.1) is 0 Å². The second-order valence-electron chi connectivity index (χ2n) is 7.61. The van der Waals surface area contributed by atoms with Crippen LogP contribution in [0.3, 0.4) is 0 Å². The van der Waals surface area contributed by atoms with Crippen molar-refractivity contribution in [1.82, 2.24) is 4.90 Å². The Morgan fingerprint density at radius 2 is 1.75 bits per heavy atom. The van der Waals surface area contributed by atoms with E-state index in [0.717, 1.165) is 24.3 Å². The molecule has 0 aliphatic carbocycles. The molecule has 7 heteroatoms. The fourth-order valence-electron chi connectivity index (χ4n) is 4.12. The Balaban J connectivity index is 2.14. The Labute approximate surface area is 194 Å². The maximum atomic E-state index is 13.0. The molecule has 2 aromatic rings. The number of rotatable bonds is 8. The van der Waals surface area contributed by atoms with Gasteiger partial charge in [0.15, 0.2) is 0 Å². The predicted octanol–water partition coefficient (Wildman–Crippen LogP) is 5.03. The van der Waals surface area contributed by atoms with E-state index in [1.165, 1.54) is 12.0 Å². The number of anilines is 1. The average Bonchev–Trinajstić information content (AvgIpc) is 3.05. The average molecular weight is 457 g/mol. The van der Waals surface area contributed by atoms with Gasteiger partial charge in [0.25, 0.3) is 11.7 Å². The Kier molecular flexibility index (Phi) is 7.46. The van der Waals surface area contributed by atoms with Gasteiger partial charge in [-0.1, -0.05) is 30.7 Å². The van der Waals surface area contributed by atoms with Gasteiger partial charge in [0.2, 0.25) is 0 Å². The first-order chi connectivity index (χ1) is 15.4. The van der Waals surface area contributed by atoms with Crippen molar-refractivity contribution in [3.8, 4) is 5.75 Å². The van der Waals surface area contributed by atoms with Crippen molar-refractivity contribution in [2.24, 2.45) is 0 Å². The summed E-state index contributed by atoms with van der Waals surface area (Å²) in [5.74, 6) is -1.16. The van der Waals surface area contributed by atoms with Crippen molar-refractivity contribution >= 4 is 34.7 Å². The molecule has 1 amide bonds. The van der Waals surface area contributed by atoms with E-state index < -0.39 is 17.7 Å². The number of nitrogens with zero attached hydrogens (tertiary/aromatic N) is 2. The van der Waals surface area contributed by atoms with E-state index in [4.69, 9.17) is 16.3 Å². The van der Waals surface area contributed by atoms with Gasteiger partial charge < -0.3 is 19.6 Å². The standard InChI is InChI=1S/C25H29ClN2O4/c1-5-14-28-22(16-8-11-18(12-9-16)27(6-2)7-3)21(24(30)25(28)31)23(29)17-10-13-19(26)20(15-17)32-4/h8-13,15,22,29H,5-7,14H2,1-4H3/b23-21-. The number of benzene rings is 2. The summed E-state index contributed by atoms with van der Waals surface area (Å²) in [4.78, 5) is 29.6. The molecular weight excluding hydrogens is 428 g/mol. The minimum atomic E-state index is -0.692. The fourth-order valence-corrected chi connectivity index (χ4v) is 4.31. The number of methoxy groups -OCH3 is 1. The van der Waals surface area contributed by atoms with E-state index in [1.54, 1.807) is 18.2 Å². The number of amides is 1. The van der Waals surface area contributed by atoms with Crippen LogP contribution >= 0.6 is 11.6 Å². The third-order valence-corrected chi connectivity index (χ3v) is 6.08. The lowest BCUT2D eigenvalue weighted by Gasteiger charge is -2.26. The highest BCUT2D eigenvalue weighted by molar-refractivity contribution is 6.46. The summed E-state index contributed by atoms with van der Waals surface area (Å²) in [6, 6.07) is 11.9. The Morgan fingerprint density at radius 3 is 2.31 bits per heavy atom. The molecule has 170 valence electrons. The summed E-state index contributed by atoms with van der Waals surface area (Å²) in [5, 5.41) is 11.5. The minimum Gasteiger partial charge on any atom is -0.507 e. The van der Waals surface area contributed by atoms with Crippen molar-refractivity contribution in [2.75, 3.05) is 31.6 Å². The number of ketones is 1. The molecule has 1 saturated heterocycles. The molecule has 1 atom stereocenters. The number of Topliss-reactive ketones (excluding diaryl/α,β-unsaturated/α-hetero) is 1. The third-order valence-electron chi connectivity index (χ3n) is 5.77. The summed E-state index contributed by atoms with van der Waals surface area (Å²) in [7, 11) is 1.47. The van der Waals surface area contributed by atoms with Gasteiger partial charge in [0.1, 0.15) is 11.5 Å². The van der Waals surface area contributed by atoms with E-state index in [9.17, 15) is 14.7 Å². The van der Waals surface area contributed by atoms with Gasteiger partial charge in [0.05, 0.1) is 23.7 Å². The predicted molar refractivity (Wildman–Crippen MR) is 127 cm³/mol. The number of ether oxygens (including phenoxy) is 1. The molecule has 6 nitrogen and oxygen atoms in total. The van der Waals surface area contributed by atoms with E-state index in [2.05, 4.69) is 18.7 Å². The number of hydrogen-bond donors (Lipinski definition) is 1. The summed E-state index contributed by atoms with van der Waals surface area (Å²) in [6.07, 6.45) is 0.690. The van der Waals surface area contributed by atoms with Gasteiger partial charge >= 0.3 is 0 Å².